The number of nitrogens with two attached hydrogens (primary N) is 1. The fourth-order valence-electron chi connectivity index (χ4n) is 2.05. The molecule has 2 heteroatoms. The first-order chi connectivity index (χ1) is 8.59. The first-order valence-electron chi connectivity index (χ1n) is 7.19. The van der Waals surface area contributed by atoms with Crippen LogP contribution in [0.3, 0.4) is 0 Å². The van der Waals surface area contributed by atoms with E-state index >= 15 is 0 Å². The molecule has 0 saturated carbocycles. The highest BCUT2D eigenvalue weighted by molar-refractivity contribution is 5.56. The van der Waals surface area contributed by atoms with Gasteiger partial charge in [-0.15, -0.1) is 0 Å². The van der Waals surface area contributed by atoms with Crippen LogP contribution >= 0.6 is 0 Å². The molecule has 0 bridgehead atoms. The van der Waals surface area contributed by atoms with Crippen LogP contribution < -0.4 is 11.1 Å². The van der Waals surface area contributed by atoms with Crippen LogP contribution in [0.15, 0.2) is 18.2 Å². The zero-order chi connectivity index (χ0) is 13.4. The number of aryl methyl sites for hydroxylation is 1. The normalized spacial score (nSPS) is 10.9. The third-order valence-electron chi connectivity index (χ3n) is 3.31. The van der Waals surface area contributed by atoms with Gasteiger partial charge in [0.25, 0.3) is 0 Å². The Bertz CT molecular complexity index is 345. The summed E-state index contributed by atoms with van der Waals surface area (Å²) in [6, 6.07) is 6.15. The van der Waals surface area contributed by atoms with Crippen LogP contribution in [0.1, 0.15) is 51.5 Å². The molecule has 0 radical (unpaired) electrons. The fourth-order valence-corrected chi connectivity index (χ4v) is 2.05. The van der Waals surface area contributed by atoms with E-state index in [-0.39, 0.29) is 0 Å². The Labute approximate surface area is 112 Å². The predicted octanol–water partition coefficient (Wildman–Crippen LogP) is 4.60. The lowest BCUT2D eigenvalue weighted by molar-refractivity contribution is 0.523. The number of rotatable bonds is 8. The minimum atomic E-state index is 0.848. The Hall–Kier alpha value is -1.18. The summed E-state index contributed by atoms with van der Waals surface area (Å²) in [4.78, 5) is 0. The molecule has 0 amide bonds. The zero-order valence-electron chi connectivity index (χ0n) is 12.1. The smallest absolute Gasteiger partial charge is 0.0345 e. The third kappa shape index (κ3) is 5.95. The zero-order valence-corrected chi connectivity index (χ0v) is 12.1. The van der Waals surface area contributed by atoms with Crippen molar-refractivity contribution in [3.05, 3.63) is 23.8 Å². The van der Waals surface area contributed by atoms with Gasteiger partial charge >= 0.3 is 0 Å². The van der Waals surface area contributed by atoms with Gasteiger partial charge in [-0.05, 0) is 43.0 Å². The number of benzene rings is 1. The molecule has 3 N–H and O–H groups in total. The third-order valence-corrected chi connectivity index (χ3v) is 3.31. The van der Waals surface area contributed by atoms with Crippen LogP contribution in [0.2, 0.25) is 0 Å². The van der Waals surface area contributed by atoms with Crippen molar-refractivity contribution in [1.29, 1.82) is 0 Å². The van der Waals surface area contributed by atoms with Gasteiger partial charge in [0, 0.05) is 17.9 Å². The van der Waals surface area contributed by atoms with Crippen molar-refractivity contribution in [1.82, 2.24) is 0 Å². The van der Waals surface area contributed by atoms with Gasteiger partial charge in [0.15, 0.2) is 0 Å². The van der Waals surface area contributed by atoms with Crippen molar-refractivity contribution in [3.8, 4) is 0 Å². The van der Waals surface area contributed by atoms with E-state index in [2.05, 4.69) is 31.3 Å². The van der Waals surface area contributed by atoms with Gasteiger partial charge in [0.1, 0.15) is 0 Å². The molecule has 0 fully saturated rings. The summed E-state index contributed by atoms with van der Waals surface area (Å²) < 4.78 is 0. The lowest BCUT2D eigenvalue weighted by Crippen LogP contribution is -2.02. The van der Waals surface area contributed by atoms with Crippen LogP contribution in [-0.2, 0) is 0 Å². The minimum absolute atomic E-state index is 0.848. The molecule has 18 heavy (non-hydrogen) atoms. The second-order valence-corrected chi connectivity index (χ2v) is 5.59. The van der Waals surface area contributed by atoms with E-state index in [0.29, 0.717) is 0 Å². The summed E-state index contributed by atoms with van der Waals surface area (Å²) in [6.07, 6.45) is 6.68. The molecule has 0 aromatic heterocycles. The van der Waals surface area contributed by atoms with Gasteiger partial charge in [-0.1, -0.05) is 39.5 Å². The van der Waals surface area contributed by atoms with E-state index in [0.717, 1.165) is 23.7 Å². The summed E-state index contributed by atoms with van der Waals surface area (Å²) in [5.41, 5.74) is 9.00. The quantitative estimate of drug-likeness (QED) is 0.521. The molecule has 0 aliphatic rings. The van der Waals surface area contributed by atoms with Crippen LogP contribution in [0.4, 0.5) is 11.4 Å². The average Bonchev–Trinajstić information content (AvgIpc) is 2.32. The van der Waals surface area contributed by atoms with Gasteiger partial charge in [0.05, 0.1) is 0 Å². The van der Waals surface area contributed by atoms with Gasteiger partial charge in [-0.2, -0.15) is 0 Å². The maximum atomic E-state index is 5.79. The predicted molar refractivity (Wildman–Crippen MR) is 82.0 cm³/mol. The average molecular weight is 248 g/mol. The minimum Gasteiger partial charge on any atom is -0.399 e. The Morgan fingerprint density at radius 3 is 2.50 bits per heavy atom. The molecular formula is C16H28N2. The number of hydrogen-bond acceptors (Lipinski definition) is 2. The summed E-state index contributed by atoms with van der Waals surface area (Å²) in [6.45, 7) is 7.70. The maximum absolute atomic E-state index is 5.79. The molecule has 0 saturated heterocycles. The second kappa shape index (κ2) is 8.02. The molecule has 2 nitrogen and oxygen atoms in total. The largest absolute Gasteiger partial charge is 0.399 e. The highest BCUT2D eigenvalue weighted by atomic mass is 14.9. The number of anilines is 2. The van der Waals surface area contributed by atoms with Crippen molar-refractivity contribution < 1.29 is 0 Å². The van der Waals surface area contributed by atoms with Crippen molar-refractivity contribution >= 4 is 11.4 Å². The van der Waals surface area contributed by atoms with Crippen molar-refractivity contribution in [2.45, 2.75) is 52.9 Å². The Morgan fingerprint density at radius 2 is 1.83 bits per heavy atom. The second-order valence-electron chi connectivity index (χ2n) is 5.59. The molecule has 0 spiro atoms. The molecule has 0 atom stereocenters. The van der Waals surface area contributed by atoms with Gasteiger partial charge in [-0.3, -0.25) is 0 Å². The summed E-state index contributed by atoms with van der Waals surface area (Å²) >= 11 is 0. The molecular weight excluding hydrogens is 220 g/mol. The molecule has 0 aliphatic carbocycles. The molecule has 1 aromatic carbocycles. The van der Waals surface area contributed by atoms with Crippen LogP contribution in [0.5, 0.6) is 0 Å². The van der Waals surface area contributed by atoms with E-state index in [4.69, 9.17) is 5.73 Å². The van der Waals surface area contributed by atoms with Crippen molar-refractivity contribution in [2.24, 2.45) is 5.92 Å². The highest BCUT2D eigenvalue weighted by Crippen LogP contribution is 2.16. The van der Waals surface area contributed by atoms with E-state index in [1.165, 1.54) is 37.8 Å². The Balaban J connectivity index is 2.09. The van der Waals surface area contributed by atoms with Crippen LogP contribution in [-0.4, -0.2) is 6.54 Å². The molecule has 1 aromatic rings. The monoisotopic (exact) mass is 248 g/mol. The standard InChI is InChI=1S/C16H28N2/c1-13(2)8-6-4-5-7-11-18-15-9-10-16(17)14(3)12-15/h9-10,12-13,18H,4-8,11,17H2,1-3H3. The van der Waals surface area contributed by atoms with E-state index in [1.54, 1.807) is 0 Å². The Morgan fingerprint density at radius 1 is 1.11 bits per heavy atom. The number of hydrogen-bond donors (Lipinski definition) is 2. The van der Waals surface area contributed by atoms with E-state index in [9.17, 15) is 0 Å². The Kier molecular flexibility index (Phi) is 6.63. The molecule has 0 unspecified atom stereocenters. The first-order valence-corrected chi connectivity index (χ1v) is 7.19. The number of nitrogens with one attached hydrogen (secondary N) is 1. The number of unbranched alkanes of at least 4 members (excludes halogenated alkanes) is 3. The maximum Gasteiger partial charge on any atom is 0.0345 e. The fraction of sp³-hybridized carbons (Fsp3) is 0.625. The molecule has 1 rings (SSSR count). The molecule has 102 valence electrons. The van der Waals surface area contributed by atoms with Crippen LogP contribution in [0, 0.1) is 12.8 Å². The topological polar surface area (TPSA) is 38.0 Å². The first kappa shape index (κ1) is 14.9. The van der Waals surface area contributed by atoms with E-state index in [1.807, 2.05) is 13.0 Å². The molecule has 0 aliphatic heterocycles. The van der Waals surface area contributed by atoms with Crippen molar-refractivity contribution in [2.75, 3.05) is 17.6 Å². The SMILES string of the molecule is Cc1cc(NCCCCCCC(C)C)ccc1N. The lowest BCUT2D eigenvalue weighted by Gasteiger charge is -2.09. The summed E-state index contributed by atoms with van der Waals surface area (Å²) in [5, 5.41) is 3.46. The van der Waals surface area contributed by atoms with Gasteiger partial charge < -0.3 is 11.1 Å². The van der Waals surface area contributed by atoms with E-state index < -0.39 is 0 Å². The molecule has 0 heterocycles. The summed E-state index contributed by atoms with van der Waals surface area (Å²) in [7, 11) is 0. The lowest BCUT2D eigenvalue weighted by atomic mass is 10.0. The van der Waals surface area contributed by atoms with Gasteiger partial charge in [-0.25, -0.2) is 0 Å². The van der Waals surface area contributed by atoms with Crippen molar-refractivity contribution in [3.63, 3.8) is 0 Å². The number of nitrogen functional groups attached to an aromatic ring is 1. The summed E-state index contributed by atoms with van der Waals surface area (Å²) in [5.74, 6) is 0.848. The van der Waals surface area contributed by atoms with Gasteiger partial charge in [0.2, 0.25) is 0 Å². The highest BCUT2D eigenvalue weighted by Gasteiger charge is 1.97. The van der Waals surface area contributed by atoms with Crippen LogP contribution in [0.25, 0.3) is 0 Å².